The second-order valence-corrected chi connectivity index (χ2v) is 30.2. The Labute approximate surface area is 608 Å². The van der Waals surface area contributed by atoms with Crippen LogP contribution in [-0.4, -0.2) is 218 Å². The maximum atomic E-state index is 18.0. The number of sulfonamides is 1. The average molecular weight is 1460 g/mol. The van der Waals surface area contributed by atoms with Gasteiger partial charge in [-0.25, -0.2) is 26.7 Å². The van der Waals surface area contributed by atoms with Crippen LogP contribution in [-0.2, 0) is 56.9 Å². The fourth-order valence-electron chi connectivity index (χ4n) is 15.0. The zero-order valence-corrected chi connectivity index (χ0v) is 61.4. The van der Waals surface area contributed by atoms with Crippen LogP contribution in [0.3, 0.4) is 0 Å². The molecule has 4 saturated heterocycles. The molecule has 8 aromatic rings. The van der Waals surface area contributed by atoms with E-state index in [2.05, 4.69) is 21.2 Å². The highest BCUT2D eigenvalue weighted by Gasteiger charge is 2.50. The van der Waals surface area contributed by atoms with Gasteiger partial charge in [0.25, 0.3) is 0 Å². The molecular formula is C76H87F2N11O15S. The maximum Gasteiger partial charge on any atom is 0.410 e. The van der Waals surface area contributed by atoms with Crippen molar-refractivity contribution in [2.75, 3.05) is 112 Å². The molecular weight excluding hydrogens is 1380 g/mol. The van der Waals surface area contributed by atoms with E-state index in [0.29, 0.717) is 85.6 Å². The van der Waals surface area contributed by atoms with Crippen molar-refractivity contribution in [2.45, 2.75) is 126 Å². The number of aromatic nitrogens is 6. The normalized spacial score (nSPS) is 20.7. The van der Waals surface area contributed by atoms with Gasteiger partial charge in [-0.3, -0.25) is 24.4 Å². The maximum absolute atomic E-state index is 18.0. The molecule has 3 aromatic heterocycles. The number of likely N-dealkylation sites (tertiary alicyclic amines) is 1. The van der Waals surface area contributed by atoms with E-state index in [9.17, 15) is 18.0 Å². The predicted octanol–water partition coefficient (Wildman–Crippen LogP) is 9.50. The molecule has 3 unspecified atom stereocenters. The van der Waals surface area contributed by atoms with Gasteiger partial charge in [0.2, 0.25) is 15.9 Å². The molecule has 105 heavy (non-hydrogen) atoms. The van der Waals surface area contributed by atoms with Crippen LogP contribution in [0.4, 0.5) is 19.4 Å². The van der Waals surface area contributed by atoms with Crippen LogP contribution in [0.1, 0.15) is 100 Å². The third kappa shape index (κ3) is 15.1. The Morgan fingerprint density at radius 1 is 0.895 bits per heavy atom. The number of hydrogen-bond donors (Lipinski definition) is 0. The second-order valence-electron chi connectivity index (χ2n) is 28.3. The number of rotatable bonds is 23. The highest BCUT2D eigenvalue weighted by atomic mass is 32.2. The van der Waals surface area contributed by atoms with Crippen LogP contribution >= 0.6 is 0 Å². The number of nitrogens with zero attached hydrogens (tertiary/aromatic N) is 11. The molecule has 2 amide bonds. The van der Waals surface area contributed by atoms with Crippen LogP contribution in [0, 0.1) is 30.9 Å². The van der Waals surface area contributed by atoms with E-state index in [-0.39, 0.29) is 146 Å². The number of fused-ring (bicyclic) bond motifs is 6. The summed E-state index contributed by atoms with van der Waals surface area (Å²) in [6.45, 7) is 13.2. The van der Waals surface area contributed by atoms with Crippen molar-refractivity contribution in [3.8, 4) is 52.6 Å². The van der Waals surface area contributed by atoms with Gasteiger partial charge in [-0.05, 0) is 151 Å². The highest BCUT2D eigenvalue weighted by Crippen LogP contribution is 2.44. The minimum atomic E-state index is -4.13. The van der Waals surface area contributed by atoms with E-state index in [1.807, 2.05) is 74.9 Å². The quantitative estimate of drug-likeness (QED) is 0.0250. The molecule has 29 heteroatoms. The van der Waals surface area contributed by atoms with Crippen LogP contribution in [0.5, 0.6) is 29.0 Å². The van der Waals surface area contributed by atoms with Crippen LogP contribution in [0.15, 0.2) is 83.9 Å². The van der Waals surface area contributed by atoms with Gasteiger partial charge in [-0.15, -0.1) is 11.5 Å². The third-order valence-corrected chi connectivity index (χ3v) is 22.0. The second kappa shape index (κ2) is 30.5. The van der Waals surface area contributed by atoms with Gasteiger partial charge in [0.15, 0.2) is 12.6 Å². The number of methoxy groups -OCH3 is 2. The number of halogens is 2. The van der Waals surface area contributed by atoms with Crippen LogP contribution in [0.25, 0.3) is 44.0 Å². The smallest absolute Gasteiger partial charge is 0.410 e. The van der Waals surface area contributed by atoms with E-state index >= 15 is 13.6 Å². The molecule has 0 N–H and O–H groups in total. The number of hydrogen-bond acceptors (Lipinski definition) is 22. The minimum Gasteiger partial charge on any atom is -0.494 e. The lowest BCUT2D eigenvalue weighted by Crippen LogP contribution is -2.61. The Hall–Kier alpha value is -9.57. The lowest BCUT2D eigenvalue weighted by atomic mass is 9.86. The Balaban J connectivity index is 0.683. The Morgan fingerprint density at radius 3 is 2.43 bits per heavy atom. The van der Waals surface area contributed by atoms with Crippen molar-refractivity contribution in [1.82, 2.24) is 49.0 Å². The molecule has 5 aliphatic heterocycles. The number of carbonyl (C=O) groups is 3. The largest absolute Gasteiger partial charge is 0.494 e. The van der Waals surface area contributed by atoms with Gasteiger partial charge < -0.3 is 57.2 Å². The van der Waals surface area contributed by atoms with E-state index in [1.165, 1.54) is 41.9 Å². The van der Waals surface area contributed by atoms with Crippen molar-refractivity contribution in [2.24, 2.45) is 7.05 Å². The van der Waals surface area contributed by atoms with E-state index in [0.717, 1.165) is 22.3 Å². The highest BCUT2D eigenvalue weighted by molar-refractivity contribution is 7.89. The summed E-state index contributed by atoms with van der Waals surface area (Å²) < 4.78 is 125. The molecule has 13 rings (SSSR count). The zero-order valence-electron chi connectivity index (χ0n) is 60.6. The molecule has 0 saturated carbocycles. The van der Waals surface area contributed by atoms with Crippen LogP contribution < -0.4 is 28.6 Å². The molecule has 2 bridgehead atoms. The van der Waals surface area contributed by atoms with Gasteiger partial charge in [-0.1, -0.05) is 35.4 Å². The number of likely N-dealkylation sites (N-methyl/N-ethyl adjacent to an activating group) is 1. The number of terminal acetylenes is 1. The summed E-state index contributed by atoms with van der Waals surface area (Å²) in [7, 11) is 2.53. The molecule has 5 aliphatic rings. The van der Waals surface area contributed by atoms with Crippen molar-refractivity contribution in [1.29, 1.82) is 0 Å². The third-order valence-electron chi connectivity index (χ3n) is 20.1. The van der Waals surface area contributed by atoms with Gasteiger partial charge in [-0.2, -0.15) is 14.3 Å². The number of amides is 2. The molecule has 0 aliphatic carbocycles. The van der Waals surface area contributed by atoms with Gasteiger partial charge in [0.05, 0.1) is 75.6 Å². The SMILES string of the molecule is C#Cc1c(F)ccc2cc(OCOC)cc(-c3ncc4c(N5C[C@H]6CC[C@@H](C5)N6C(=O)OC(C)(C)C)nc(OC[C@@]5(C(=O)N6CCOC(COCCOc7ccc8c(c7)OC(C)CN(Cc7cc(C(CC(=O)OCC)c9cc(OC)c%10c(c9)nnn%10C)ccc7C)S8(=O)=O)C6)CCCN5C)nc4c3F)c12. The lowest BCUT2D eigenvalue weighted by molar-refractivity contribution is -0.154. The van der Waals surface area contributed by atoms with E-state index in [4.69, 9.17) is 63.8 Å². The Kier molecular flexibility index (Phi) is 21.4. The molecule has 26 nitrogen and oxygen atoms in total. The molecule has 6 atom stereocenters. The Bertz CT molecular complexity index is 4790. The summed E-state index contributed by atoms with van der Waals surface area (Å²) in [6.07, 6.45) is 8.41. The lowest BCUT2D eigenvalue weighted by Gasteiger charge is -2.42. The number of ether oxygens (including phenoxy) is 10. The number of pyridine rings is 1. The molecule has 5 aromatic carbocycles. The van der Waals surface area contributed by atoms with Gasteiger partial charge in [0.1, 0.15) is 92.2 Å². The molecule has 0 radical (unpaired) electrons. The van der Waals surface area contributed by atoms with Crippen molar-refractivity contribution in [3.05, 3.63) is 118 Å². The average Bonchev–Trinajstić information content (AvgIpc) is 1.20. The van der Waals surface area contributed by atoms with Gasteiger partial charge >= 0.3 is 18.1 Å². The summed E-state index contributed by atoms with van der Waals surface area (Å²) >= 11 is 0. The summed E-state index contributed by atoms with van der Waals surface area (Å²) in [5.74, 6) is 1.42. The summed E-state index contributed by atoms with van der Waals surface area (Å²) in [4.78, 5) is 64.0. The van der Waals surface area contributed by atoms with Gasteiger partial charge in [0, 0.05) is 76.0 Å². The van der Waals surface area contributed by atoms with Crippen molar-refractivity contribution < 1.29 is 79.0 Å². The number of carbonyl (C=O) groups excluding carboxylic acids is 3. The van der Waals surface area contributed by atoms with E-state index < -0.39 is 63.0 Å². The summed E-state index contributed by atoms with van der Waals surface area (Å²) in [6, 6.07) is 19.4. The first-order chi connectivity index (χ1) is 50.4. The molecule has 556 valence electrons. The number of piperazine rings is 1. The number of esters is 1. The predicted molar refractivity (Wildman–Crippen MR) is 384 cm³/mol. The fraction of sp³-hybridized carbons (Fsp3) is 0.474. The summed E-state index contributed by atoms with van der Waals surface area (Å²) in [5, 5.41) is 9.45. The number of morpholine rings is 1. The first kappa shape index (κ1) is 73.7. The monoisotopic (exact) mass is 1460 g/mol. The zero-order chi connectivity index (χ0) is 74.2. The standard InChI is InChI=1S/C76H87F2N11O15S/c1-12-56-60(77)21-17-48-30-54(102-44-95-10)33-58(66(48)56)68-67(78)69-59(36-79-68)71(87-39-51-18-19-52(40-87)89(51)74(92)104-75(5,6)7)81-73(80-69)101-43-76(23-14-24-84(76)8)72(91)86-25-26-99-55(41-86)42-97-27-28-100-53-20-22-64-62(34-53)103-46(4)37-88(105(64,93)94)38-50-29-47(16-15-45(50)3)57(35-65(90)98-13-2)49-31-61-70(63(32-49)96-11)85(9)83-82-61/h1,15-17,20-22,29-34,36,46,51-52,55,57H,13-14,18-19,23-28,35,37-44H2,2-11H3/t46?,51-,52+,55?,57?,76-/m1/s1. The molecule has 0 spiro atoms. The number of aryl methyl sites for hydroxylation is 2. The topological polar surface area (TPSA) is 263 Å². The molecule has 8 heterocycles. The molecule has 4 fully saturated rings. The van der Waals surface area contributed by atoms with Crippen molar-refractivity contribution in [3.63, 3.8) is 0 Å². The fourth-order valence-corrected chi connectivity index (χ4v) is 16.6. The minimum absolute atomic E-state index is 0.00865. The first-order valence-electron chi connectivity index (χ1n) is 35.2. The number of anilines is 1. The Morgan fingerprint density at radius 2 is 1.70 bits per heavy atom. The van der Waals surface area contributed by atoms with Crippen LogP contribution in [0.2, 0.25) is 0 Å². The summed E-state index contributed by atoms with van der Waals surface area (Å²) in [5.41, 5.74) is 2.17. The van der Waals surface area contributed by atoms with Crippen molar-refractivity contribution >= 4 is 66.5 Å². The van der Waals surface area contributed by atoms with E-state index in [1.54, 1.807) is 60.7 Å². The first-order valence-corrected chi connectivity index (χ1v) is 36.7. The number of benzene rings is 5.